The average molecular weight is 436 g/mol. The quantitative estimate of drug-likeness (QED) is 0.453. The third-order valence-corrected chi connectivity index (χ3v) is 8.27. The number of rotatable bonds is 3. The lowest BCUT2D eigenvalue weighted by Crippen LogP contribution is -2.30. The summed E-state index contributed by atoms with van der Waals surface area (Å²) in [4.78, 5) is 22.0. The minimum atomic E-state index is 0.109. The number of hydrogen-bond acceptors (Lipinski definition) is 6. The van der Waals surface area contributed by atoms with Crippen LogP contribution in [0.2, 0.25) is 0 Å². The molecule has 1 unspecified atom stereocenters. The van der Waals surface area contributed by atoms with Gasteiger partial charge in [-0.2, -0.15) is 0 Å². The van der Waals surface area contributed by atoms with E-state index in [9.17, 15) is 4.79 Å². The Morgan fingerprint density at radius 2 is 2.17 bits per heavy atom. The predicted octanol–water partition coefficient (Wildman–Crippen LogP) is 4.15. The van der Waals surface area contributed by atoms with Crippen LogP contribution >= 0.6 is 23.1 Å². The maximum absolute atomic E-state index is 12.9. The molecule has 0 saturated heterocycles. The van der Waals surface area contributed by atoms with Crippen molar-refractivity contribution in [3.05, 3.63) is 46.6 Å². The van der Waals surface area contributed by atoms with Crippen LogP contribution in [-0.2, 0) is 24.1 Å². The number of para-hydroxylation sites is 1. The average Bonchev–Trinajstić information content (AvgIpc) is 3.45. The summed E-state index contributed by atoms with van der Waals surface area (Å²) < 4.78 is 1.95. The van der Waals surface area contributed by atoms with Crippen molar-refractivity contribution in [2.75, 3.05) is 17.2 Å². The van der Waals surface area contributed by atoms with Gasteiger partial charge in [0.05, 0.1) is 11.1 Å². The molecular weight excluding hydrogens is 414 g/mol. The van der Waals surface area contributed by atoms with E-state index in [-0.39, 0.29) is 5.91 Å². The van der Waals surface area contributed by atoms with Gasteiger partial charge in [-0.05, 0) is 48.8 Å². The van der Waals surface area contributed by atoms with E-state index in [1.54, 1.807) is 17.7 Å². The number of thiophene rings is 1. The summed E-state index contributed by atoms with van der Waals surface area (Å²) >= 11 is 3.23. The lowest BCUT2D eigenvalue weighted by atomic mass is 9.89. The van der Waals surface area contributed by atoms with Gasteiger partial charge < -0.3 is 4.90 Å². The lowest BCUT2D eigenvalue weighted by Gasteiger charge is -2.17. The largest absolute Gasteiger partial charge is 0.311 e. The number of nitrogens with zero attached hydrogens (tertiary/aromatic N) is 5. The molecule has 1 amide bonds. The number of anilines is 1. The van der Waals surface area contributed by atoms with Gasteiger partial charge in [0.25, 0.3) is 0 Å². The van der Waals surface area contributed by atoms with E-state index in [0.717, 1.165) is 58.4 Å². The number of thioether (sulfide) groups is 1. The fourth-order valence-electron chi connectivity index (χ4n) is 4.62. The third-order valence-electron chi connectivity index (χ3n) is 6.18. The van der Waals surface area contributed by atoms with E-state index in [2.05, 4.69) is 23.2 Å². The minimum Gasteiger partial charge on any atom is -0.311 e. The summed E-state index contributed by atoms with van der Waals surface area (Å²) in [6.07, 6.45) is 6.15. The summed E-state index contributed by atoms with van der Waals surface area (Å²) in [5.41, 5.74) is 4.55. The summed E-state index contributed by atoms with van der Waals surface area (Å²) in [5, 5.41) is 10.8. The number of benzene rings is 1. The molecule has 152 valence electrons. The molecule has 8 heteroatoms. The van der Waals surface area contributed by atoms with Gasteiger partial charge in [0.1, 0.15) is 11.2 Å². The molecule has 1 aromatic carbocycles. The summed E-state index contributed by atoms with van der Waals surface area (Å²) in [6.45, 7) is 3.07. The molecule has 6 rings (SSSR count). The Labute approximate surface area is 182 Å². The van der Waals surface area contributed by atoms with Crippen LogP contribution in [0.15, 0.2) is 35.7 Å². The first-order valence-electron chi connectivity index (χ1n) is 10.3. The number of aryl methyl sites for hydroxylation is 1. The van der Waals surface area contributed by atoms with Crippen molar-refractivity contribution in [1.82, 2.24) is 19.6 Å². The zero-order valence-electron chi connectivity index (χ0n) is 16.7. The molecule has 0 fully saturated rings. The van der Waals surface area contributed by atoms with Crippen LogP contribution in [0.5, 0.6) is 0 Å². The van der Waals surface area contributed by atoms with Gasteiger partial charge >= 0.3 is 0 Å². The van der Waals surface area contributed by atoms with E-state index in [1.807, 2.05) is 27.5 Å². The fraction of sp³-hybridized carbons (Fsp3) is 0.364. The Hall–Kier alpha value is -2.45. The molecule has 1 aliphatic heterocycles. The highest BCUT2D eigenvalue weighted by molar-refractivity contribution is 7.99. The first-order chi connectivity index (χ1) is 14.7. The SMILES string of the molecule is CC1CCc2c(sc3ncn4c(SCC(=O)N5CCc6ccccc65)nnc4c23)C1. The molecule has 3 aromatic heterocycles. The summed E-state index contributed by atoms with van der Waals surface area (Å²) in [5.74, 6) is 1.18. The molecule has 1 atom stereocenters. The van der Waals surface area contributed by atoms with Crippen LogP contribution in [0, 0.1) is 5.92 Å². The zero-order chi connectivity index (χ0) is 20.2. The van der Waals surface area contributed by atoms with E-state index < -0.39 is 0 Å². The van der Waals surface area contributed by atoms with Crippen LogP contribution < -0.4 is 4.90 Å². The maximum Gasteiger partial charge on any atom is 0.237 e. The lowest BCUT2D eigenvalue weighted by molar-refractivity contribution is -0.116. The summed E-state index contributed by atoms with van der Waals surface area (Å²) in [7, 11) is 0. The Bertz CT molecular complexity index is 1290. The second-order valence-electron chi connectivity index (χ2n) is 8.17. The molecule has 0 N–H and O–H groups in total. The van der Waals surface area contributed by atoms with Gasteiger partial charge in [0, 0.05) is 17.1 Å². The Balaban J connectivity index is 1.28. The molecule has 4 heterocycles. The van der Waals surface area contributed by atoms with Crippen LogP contribution in [0.4, 0.5) is 5.69 Å². The van der Waals surface area contributed by atoms with Gasteiger partial charge in [0.15, 0.2) is 10.8 Å². The molecule has 0 saturated carbocycles. The monoisotopic (exact) mass is 435 g/mol. The molecule has 1 aliphatic carbocycles. The first kappa shape index (κ1) is 18.3. The number of fused-ring (bicyclic) bond motifs is 6. The normalized spacial score (nSPS) is 18.2. The van der Waals surface area contributed by atoms with Crippen LogP contribution in [0.25, 0.3) is 15.9 Å². The highest BCUT2D eigenvalue weighted by Crippen LogP contribution is 2.39. The predicted molar refractivity (Wildman–Crippen MR) is 121 cm³/mol. The third kappa shape index (κ3) is 2.85. The smallest absolute Gasteiger partial charge is 0.237 e. The Morgan fingerprint density at radius 1 is 1.27 bits per heavy atom. The van der Waals surface area contributed by atoms with Gasteiger partial charge in [-0.1, -0.05) is 36.9 Å². The second kappa shape index (κ2) is 7.06. The van der Waals surface area contributed by atoms with Crippen molar-refractivity contribution in [2.45, 2.75) is 37.8 Å². The Kier molecular flexibility index (Phi) is 4.31. The van der Waals surface area contributed by atoms with Crippen molar-refractivity contribution in [3.63, 3.8) is 0 Å². The molecular formula is C22H21N5OS2. The van der Waals surface area contributed by atoms with Gasteiger partial charge in [0.2, 0.25) is 5.91 Å². The topological polar surface area (TPSA) is 63.4 Å². The number of hydrogen-bond donors (Lipinski definition) is 0. The molecule has 2 aliphatic rings. The van der Waals surface area contributed by atoms with E-state index in [0.29, 0.717) is 5.75 Å². The molecule has 0 radical (unpaired) electrons. The van der Waals surface area contributed by atoms with Gasteiger partial charge in [-0.25, -0.2) is 4.98 Å². The number of carbonyl (C=O) groups excluding carboxylic acids is 1. The first-order valence-corrected chi connectivity index (χ1v) is 12.1. The van der Waals surface area contributed by atoms with E-state index >= 15 is 0 Å². The van der Waals surface area contributed by atoms with Gasteiger partial charge in [-0.3, -0.25) is 9.20 Å². The van der Waals surface area contributed by atoms with E-state index in [4.69, 9.17) is 4.98 Å². The fourth-order valence-corrected chi connectivity index (χ4v) is 6.74. The summed E-state index contributed by atoms with van der Waals surface area (Å²) in [6, 6.07) is 8.14. The number of carbonyl (C=O) groups is 1. The highest BCUT2D eigenvalue weighted by Gasteiger charge is 2.26. The van der Waals surface area contributed by atoms with Crippen LogP contribution in [0.1, 0.15) is 29.3 Å². The number of amides is 1. The molecule has 0 bridgehead atoms. The minimum absolute atomic E-state index is 0.109. The second-order valence-corrected chi connectivity index (χ2v) is 10.2. The van der Waals surface area contributed by atoms with Crippen LogP contribution in [0.3, 0.4) is 0 Å². The van der Waals surface area contributed by atoms with Crippen molar-refractivity contribution in [3.8, 4) is 0 Å². The zero-order valence-corrected chi connectivity index (χ0v) is 18.3. The van der Waals surface area contributed by atoms with Gasteiger partial charge in [-0.15, -0.1) is 21.5 Å². The van der Waals surface area contributed by atoms with E-state index in [1.165, 1.54) is 34.2 Å². The highest BCUT2D eigenvalue weighted by atomic mass is 32.2. The number of aromatic nitrogens is 4. The van der Waals surface area contributed by atoms with Crippen LogP contribution in [-0.4, -0.2) is 37.8 Å². The van der Waals surface area contributed by atoms with Crippen molar-refractivity contribution >= 4 is 50.6 Å². The maximum atomic E-state index is 12.9. The molecule has 30 heavy (non-hydrogen) atoms. The van der Waals surface area contributed by atoms with Crippen molar-refractivity contribution in [2.24, 2.45) is 5.92 Å². The standard InChI is InChI=1S/C22H21N5OS2/c1-13-6-7-15-17(10-13)30-21-19(15)20-24-25-22(27(20)12-23-21)29-11-18(28)26-9-8-14-4-2-3-5-16(14)26/h2-5,12-13H,6-11H2,1H3. The Morgan fingerprint density at radius 3 is 3.10 bits per heavy atom. The molecule has 0 spiro atoms. The molecule has 6 nitrogen and oxygen atoms in total. The van der Waals surface area contributed by atoms with Crippen molar-refractivity contribution < 1.29 is 4.79 Å². The van der Waals surface area contributed by atoms with Crippen molar-refractivity contribution in [1.29, 1.82) is 0 Å². The molecule has 4 aromatic rings.